The largest absolute Gasteiger partial charge is 0.410 e. The first-order chi connectivity index (χ1) is 7.70. The van der Waals surface area contributed by atoms with Crippen LogP contribution in [-0.2, 0) is 0 Å². The highest BCUT2D eigenvalue weighted by molar-refractivity contribution is 6.01. The number of benzene rings is 1. The molecule has 1 aliphatic carbocycles. The molecule has 0 radical (unpaired) electrons. The quantitative estimate of drug-likeness (QED) is 0.365. The van der Waals surface area contributed by atoms with Crippen molar-refractivity contribution in [1.29, 1.82) is 0 Å². The lowest BCUT2D eigenvalue weighted by Crippen LogP contribution is -2.15. The molecule has 0 aromatic heterocycles. The van der Waals surface area contributed by atoms with E-state index in [0.717, 1.165) is 0 Å². The normalized spacial score (nSPS) is 16.1. The van der Waals surface area contributed by atoms with Gasteiger partial charge in [-0.2, -0.15) is 0 Å². The van der Waals surface area contributed by atoms with Crippen LogP contribution in [-0.4, -0.2) is 22.4 Å². The van der Waals surface area contributed by atoms with Gasteiger partial charge in [-0.3, -0.25) is 10.1 Å². The highest BCUT2D eigenvalue weighted by Gasteiger charge is 2.23. The molecule has 16 heavy (non-hydrogen) atoms. The molecular weight excluding hydrogens is 208 g/mol. The van der Waals surface area contributed by atoms with Crippen molar-refractivity contribution in [3.05, 3.63) is 45.5 Å². The van der Waals surface area contributed by atoms with E-state index < -0.39 is 11.5 Å². The number of hydrogen-bond acceptors (Lipinski definition) is 4. The molecule has 1 saturated carbocycles. The van der Waals surface area contributed by atoms with Gasteiger partial charge in [-0.05, 0) is 24.3 Å². The van der Waals surface area contributed by atoms with Gasteiger partial charge in [0.2, 0.25) is 6.54 Å². The molecule has 5 nitrogen and oxygen atoms in total. The number of nitro groups is 1. The Kier molecular flexibility index (Phi) is 2.85. The van der Waals surface area contributed by atoms with Gasteiger partial charge in [0.1, 0.15) is 0 Å². The van der Waals surface area contributed by atoms with Crippen LogP contribution in [0, 0.1) is 10.1 Å². The predicted molar refractivity (Wildman–Crippen MR) is 58.6 cm³/mol. The Hall–Kier alpha value is -1.91. The standard InChI is InChI=1S/C11H12N2O3/c14-12-11(7-13(15)16)10-5-3-9(4-6-10)8-1-2-8/h3-6,8,14H,1-2,7H2/b12-11+. The molecule has 5 heteroatoms. The third-order valence-corrected chi connectivity index (χ3v) is 2.69. The van der Waals surface area contributed by atoms with Crippen molar-refractivity contribution < 1.29 is 10.1 Å². The third kappa shape index (κ3) is 2.36. The van der Waals surface area contributed by atoms with Crippen molar-refractivity contribution in [2.24, 2.45) is 5.16 Å². The maximum Gasteiger partial charge on any atom is 0.249 e. The molecule has 0 aliphatic heterocycles. The van der Waals surface area contributed by atoms with Crippen LogP contribution in [0.4, 0.5) is 0 Å². The molecule has 84 valence electrons. The molecule has 1 fully saturated rings. The average molecular weight is 220 g/mol. The first kappa shape index (κ1) is 10.6. The highest BCUT2D eigenvalue weighted by Crippen LogP contribution is 2.39. The molecule has 0 spiro atoms. The van der Waals surface area contributed by atoms with Crippen molar-refractivity contribution in [1.82, 2.24) is 0 Å². The highest BCUT2D eigenvalue weighted by atomic mass is 16.6. The average Bonchev–Trinajstić information content (AvgIpc) is 3.10. The Morgan fingerprint density at radius 2 is 2.06 bits per heavy atom. The van der Waals surface area contributed by atoms with Gasteiger partial charge in [-0.1, -0.05) is 29.4 Å². The predicted octanol–water partition coefficient (Wildman–Crippen LogP) is 2.02. The minimum atomic E-state index is -0.510. The van der Waals surface area contributed by atoms with Crippen LogP contribution >= 0.6 is 0 Å². The first-order valence-corrected chi connectivity index (χ1v) is 5.14. The summed E-state index contributed by atoms with van der Waals surface area (Å²) in [5.41, 5.74) is 1.94. The lowest BCUT2D eigenvalue weighted by Gasteiger charge is -2.02. The van der Waals surface area contributed by atoms with Crippen molar-refractivity contribution in [3.8, 4) is 0 Å². The summed E-state index contributed by atoms with van der Waals surface area (Å²) in [5, 5.41) is 22.0. The topological polar surface area (TPSA) is 75.7 Å². The van der Waals surface area contributed by atoms with Crippen LogP contribution in [0.3, 0.4) is 0 Å². The molecule has 0 bridgehead atoms. The molecule has 0 atom stereocenters. The summed E-state index contributed by atoms with van der Waals surface area (Å²) in [4.78, 5) is 9.83. The lowest BCUT2D eigenvalue weighted by atomic mass is 10.1. The molecule has 1 N–H and O–H groups in total. The zero-order valence-electron chi connectivity index (χ0n) is 8.67. The van der Waals surface area contributed by atoms with Crippen molar-refractivity contribution >= 4 is 5.71 Å². The Morgan fingerprint density at radius 3 is 2.50 bits per heavy atom. The SMILES string of the molecule is O=[N+]([O-])C/C(=N\O)c1ccc(C2CC2)cc1. The van der Waals surface area contributed by atoms with Gasteiger partial charge < -0.3 is 5.21 Å². The van der Waals surface area contributed by atoms with Gasteiger partial charge in [0, 0.05) is 10.5 Å². The maximum absolute atomic E-state index is 10.3. The van der Waals surface area contributed by atoms with Crippen molar-refractivity contribution in [2.45, 2.75) is 18.8 Å². The smallest absolute Gasteiger partial charge is 0.249 e. The van der Waals surface area contributed by atoms with Crippen LogP contribution in [0.2, 0.25) is 0 Å². The molecule has 0 saturated heterocycles. The molecule has 1 aliphatic rings. The lowest BCUT2D eigenvalue weighted by molar-refractivity contribution is -0.463. The van der Waals surface area contributed by atoms with E-state index in [-0.39, 0.29) is 5.71 Å². The van der Waals surface area contributed by atoms with Gasteiger partial charge in [0.25, 0.3) is 0 Å². The second-order valence-electron chi connectivity index (χ2n) is 3.93. The zero-order chi connectivity index (χ0) is 11.5. The summed E-state index contributed by atoms with van der Waals surface area (Å²) in [6.45, 7) is -0.459. The molecule has 0 amide bonds. The van der Waals surface area contributed by atoms with Crippen LogP contribution < -0.4 is 0 Å². The van der Waals surface area contributed by atoms with Crippen LogP contribution in [0.25, 0.3) is 0 Å². The van der Waals surface area contributed by atoms with E-state index >= 15 is 0 Å². The van der Waals surface area contributed by atoms with E-state index in [4.69, 9.17) is 5.21 Å². The molecule has 1 aromatic carbocycles. The third-order valence-electron chi connectivity index (χ3n) is 2.69. The fourth-order valence-corrected chi connectivity index (χ4v) is 1.67. The van der Waals surface area contributed by atoms with Crippen molar-refractivity contribution in [3.63, 3.8) is 0 Å². The number of hydrogen-bond donors (Lipinski definition) is 1. The molecule has 2 rings (SSSR count). The van der Waals surface area contributed by atoms with Gasteiger partial charge in [0.15, 0.2) is 5.71 Å². The summed E-state index contributed by atoms with van der Waals surface area (Å²) < 4.78 is 0. The zero-order valence-corrected chi connectivity index (χ0v) is 8.67. The monoisotopic (exact) mass is 220 g/mol. The van der Waals surface area contributed by atoms with Crippen LogP contribution in [0.5, 0.6) is 0 Å². The fraction of sp³-hybridized carbons (Fsp3) is 0.364. The maximum atomic E-state index is 10.3. The van der Waals surface area contributed by atoms with E-state index in [0.29, 0.717) is 11.5 Å². The number of nitrogens with zero attached hydrogens (tertiary/aromatic N) is 2. The van der Waals surface area contributed by atoms with E-state index in [1.165, 1.54) is 18.4 Å². The summed E-state index contributed by atoms with van der Waals surface area (Å²) in [7, 11) is 0. The summed E-state index contributed by atoms with van der Waals surface area (Å²) in [6, 6.07) is 7.43. The molecule has 0 heterocycles. The number of rotatable bonds is 4. The summed E-state index contributed by atoms with van der Waals surface area (Å²) >= 11 is 0. The van der Waals surface area contributed by atoms with Crippen molar-refractivity contribution in [2.75, 3.05) is 6.54 Å². The van der Waals surface area contributed by atoms with Gasteiger partial charge in [-0.15, -0.1) is 0 Å². The summed E-state index contributed by atoms with van der Waals surface area (Å²) in [6.07, 6.45) is 2.43. The van der Waals surface area contributed by atoms with Gasteiger partial charge >= 0.3 is 0 Å². The van der Waals surface area contributed by atoms with E-state index in [2.05, 4.69) is 5.16 Å². The second-order valence-corrected chi connectivity index (χ2v) is 3.93. The Bertz CT molecular complexity index is 421. The molecule has 0 unspecified atom stereocenters. The Labute approximate surface area is 92.5 Å². The van der Waals surface area contributed by atoms with Gasteiger partial charge in [-0.25, -0.2) is 0 Å². The Balaban J connectivity index is 2.15. The second kappa shape index (κ2) is 4.30. The Morgan fingerprint density at radius 1 is 1.44 bits per heavy atom. The van der Waals surface area contributed by atoms with Crippen LogP contribution in [0.15, 0.2) is 29.4 Å². The van der Waals surface area contributed by atoms with Gasteiger partial charge in [0.05, 0.1) is 0 Å². The van der Waals surface area contributed by atoms with Crippen LogP contribution in [0.1, 0.15) is 29.9 Å². The van der Waals surface area contributed by atoms with E-state index in [9.17, 15) is 10.1 Å². The summed E-state index contributed by atoms with van der Waals surface area (Å²) in [5.74, 6) is 0.652. The van der Waals surface area contributed by atoms with E-state index in [1.807, 2.05) is 12.1 Å². The first-order valence-electron chi connectivity index (χ1n) is 5.14. The minimum absolute atomic E-state index is 0.0901. The van der Waals surface area contributed by atoms with E-state index in [1.54, 1.807) is 12.1 Å². The minimum Gasteiger partial charge on any atom is -0.410 e. The number of oxime groups is 1. The molecule has 1 aromatic rings. The molecular formula is C11H12N2O3. The fourth-order valence-electron chi connectivity index (χ4n) is 1.67.